The van der Waals surface area contributed by atoms with Crippen LogP contribution < -0.4 is 9.99 Å². The van der Waals surface area contributed by atoms with Crippen LogP contribution in [-0.2, 0) is 11.3 Å². The van der Waals surface area contributed by atoms with Crippen LogP contribution in [0.15, 0.2) is 90.3 Å². The van der Waals surface area contributed by atoms with E-state index in [-0.39, 0.29) is 12.5 Å². The summed E-state index contributed by atoms with van der Waals surface area (Å²) in [4.78, 5) is 12.1. The van der Waals surface area contributed by atoms with E-state index in [0.29, 0.717) is 0 Å². The molecule has 1 heterocycles. The molecule has 0 unspecified atom stereocenters. The summed E-state index contributed by atoms with van der Waals surface area (Å²) in [6.07, 6.45) is 5.43. The van der Waals surface area contributed by atoms with Crippen molar-refractivity contribution in [2.24, 2.45) is 5.10 Å². The van der Waals surface area contributed by atoms with E-state index in [1.165, 1.54) is 0 Å². The standard InChI is InChI=1S/C22H17N3O/c26-22(16-25-12-6-1-7-13-25)24-23-15-21-19-10-4-2-8-17(19)14-18-9-3-5-11-20(18)21/h1-15H,16H2/p+1. The van der Waals surface area contributed by atoms with Gasteiger partial charge in [0.05, 0.1) is 6.21 Å². The van der Waals surface area contributed by atoms with Gasteiger partial charge in [0.2, 0.25) is 6.54 Å². The lowest BCUT2D eigenvalue weighted by Crippen LogP contribution is -2.40. The van der Waals surface area contributed by atoms with Gasteiger partial charge in [0.15, 0.2) is 12.4 Å². The van der Waals surface area contributed by atoms with Crippen molar-refractivity contribution in [3.05, 3.63) is 90.8 Å². The van der Waals surface area contributed by atoms with Crippen LogP contribution in [0.5, 0.6) is 0 Å². The summed E-state index contributed by atoms with van der Waals surface area (Å²) in [6, 6.07) is 24.3. The largest absolute Gasteiger partial charge is 0.305 e. The van der Waals surface area contributed by atoms with Gasteiger partial charge in [-0.05, 0) is 27.6 Å². The summed E-state index contributed by atoms with van der Waals surface area (Å²) >= 11 is 0. The van der Waals surface area contributed by atoms with E-state index >= 15 is 0 Å². The average Bonchev–Trinajstić information content (AvgIpc) is 2.68. The Morgan fingerprint density at radius 1 is 0.885 bits per heavy atom. The van der Waals surface area contributed by atoms with E-state index in [0.717, 1.165) is 27.1 Å². The predicted molar refractivity (Wildman–Crippen MR) is 104 cm³/mol. The van der Waals surface area contributed by atoms with E-state index < -0.39 is 0 Å². The van der Waals surface area contributed by atoms with Gasteiger partial charge in [-0.2, -0.15) is 9.67 Å². The van der Waals surface area contributed by atoms with Crippen molar-refractivity contribution in [2.75, 3.05) is 0 Å². The highest BCUT2D eigenvalue weighted by molar-refractivity contribution is 6.13. The molecule has 1 amide bonds. The Kier molecular flexibility index (Phi) is 4.39. The second-order valence-electron chi connectivity index (χ2n) is 6.07. The molecule has 0 saturated carbocycles. The molecule has 0 spiro atoms. The average molecular weight is 340 g/mol. The summed E-state index contributed by atoms with van der Waals surface area (Å²) in [6.45, 7) is 0.231. The highest BCUT2D eigenvalue weighted by Crippen LogP contribution is 2.27. The van der Waals surface area contributed by atoms with Crippen LogP contribution in [0.2, 0.25) is 0 Å². The number of hydrogen-bond acceptors (Lipinski definition) is 2. The third kappa shape index (κ3) is 3.30. The highest BCUT2D eigenvalue weighted by Gasteiger charge is 2.08. The SMILES string of the molecule is O=C(C[n+]1ccccc1)NN=Cc1c2ccccc2cc2ccccc12. The molecular weight excluding hydrogens is 322 g/mol. The zero-order chi connectivity index (χ0) is 17.8. The molecule has 0 saturated heterocycles. The lowest BCUT2D eigenvalue weighted by atomic mass is 9.97. The second kappa shape index (κ2) is 7.15. The molecule has 1 N–H and O–H groups in total. The third-order valence-electron chi connectivity index (χ3n) is 4.30. The van der Waals surface area contributed by atoms with Crippen LogP contribution in [0.4, 0.5) is 0 Å². The number of fused-ring (bicyclic) bond motifs is 2. The highest BCUT2D eigenvalue weighted by atomic mass is 16.2. The number of rotatable bonds is 4. The molecule has 1 aromatic heterocycles. The number of nitrogens with zero attached hydrogens (tertiary/aromatic N) is 2. The quantitative estimate of drug-likeness (QED) is 0.263. The summed E-state index contributed by atoms with van der Waals surface area (Å²) in [5.41, 5.74) is 3.62. The van der Waals surface area contributed by atoms with E-state index in [4.69, 9.17) is 0 Å². The molecule has 0 fully saturated rings. The maximum Gasteiger partial charge on any atom is 0.305 e. The molecule has 4 aromatic rings. The topological polar surface area (TPSA) is 45.3 Å². The van der Waals surface area contributed by atoms with E-state index in [1.54, 1.807) is 10.8 Å². The molecule has 0 aliphatic heterocycles. The second-order valence-corrected chi connectivity index (χ2v) is 6.07. The van der Waals surface area contributed by atoms with Crippen LogP contribution in [0.25, 0.3) is 21.5 Å². The molecule has 3 aromatic carbocycles. The number of carbonyl (C=O) groups is 1. The van der Waals surface area contributed by atoms with Crippen LogP contribution >= 0.6 is 0 Å². The van der Waals surface area contributed by atoms with Gasteiger partial charge < -0.3 is 0 Å². The van der Waals surface area contributed by atoms with Crippen molar-refractivity contribution in [1.82, 2.24) is 5.43 Å². The first-order valence-electron chi connectivity index (χ1n) is 8.48. The predicted octanol–water partition coefficient (Wildman–Crippen LogP) is 3.43. The minimum absolute atomic E-state index is 0.165. The normalized spacial score (nSPS) is 11.2. The van der Waals surface area contributed by atoms with Crippen molar-refractivity contribution in [3.8, 4) is 0 Å². The van der Waals surface area contributed by atoms with Gasteiger partial charge in [0, 0.05) is 17.7 Å². The van der Waals surface area contributed by atoms with Gasteiger partial charge >= 0.3 is 5.91 Å². The Hall–Kier alpha value is -3.53. The third-order valence-corrected chi connectivity index (χ3v) is 4.30. The minimum atomic E-state index is -0.165. The minimum Gasteiger partial charge on any atom is -0.266 e. The fourth-order valence-electron chi connectivity index (χ4n) is 3.10. The lowest BCUT2D eigenvalue weighted by molar-refractivity contribution is -0.684. The Morgan fingerprint density at radius 3 is 2.15 bits per heavy atom. The summed E-state index contributed by atoms with van der Waals surface area (Å²) in [5, 5.41) is 8.73. The van der Waals surface area contributed by atoms with E-state index in [9.17, 15) is 4.79 Å². The fraction of sp³-hybridized carbons (Fsp3) is 0.0455. The van der Waals surface area contributed by atoms with Crippen LogP contribution in [0.3, 0.4) is 0 Å². The lowest BCUT2D eigenvalue weighted by Gasteiger charge is -2.07. The van der Waals surface area contributed by atoms with E-state index in [2.05, 4.69) is 40.9 Å². The van der Waals surface area contributed by atoms with Crippen molar-refractivity contribution < 1.29 is 9.36 Å². The van der Waals surface area contributed by atoms with Crippen LogP contribution in [-0.4, -0.2) is 12.1 Å². The number of pyridine rings is 1. The molecule has 0 bridgehead atoms. The van der Waals surface area contributed by atoms with Gasteiger partial charge in [0.25, 0.3) is 0 Å². The van der Waals surface area contributed by atoms with Crippen molar-refractivity contribution in [1.29, 1.82) is 0 Å². The van der Waals surface area contributed by atoms with Crippen molar-refractivity contribution in [3.63, 3.8) is 0 Å². The zero-order valence-corrected chi connectivity index (χ0v) is 14.2. The summed E-state index contributed by atoms with van der Waals surface area (Å²) < 4.78 is 1.80. The zero-order valence-electron chi connectivity index (χ0n) is 14.2. The van der Waals surface area contributed by atoms with Crippen LogP contribution in [0, 0.1) is 0 Å². The van der Waals surface area contributed by atoms with Gasteiger partial charge in [0.1, 0.15) is 0 Å². The Labute approximate surface area is 151 Å². The first-order valence-corrected chi connectivity index (χ1v) is 8.48. The van der Waals surface area contributed by atoms with Gasteiger partial charge in [-0.1, -0.05) is 54.6 Å². The summed E-state index contributed by atoms with van der Waals surface area (Å²) in [7, 11) is 0. The monoisotopic (exact) mass is 340 g/mol. The summed E-state index contributed by atoms with van der Waals surface area (Å²) in [5.74, 6) is -0.165. The van der Waals surface area contributed by atoms with Gasteiger partial charge in [-0.25, -0.2) is 5.43 Å². The number of hydrogen-bond donors (Lipinski definition) is 1. The first-order chi connectivity index (χ1) is 12.8. The number of benzene rings is 3. The Bertz CT molecular complexity index is 1050. The molecule has 126 valence electrons. The molecule has 4 nitrogen and oxygen atoms in total. The Morgan fingerprint density at radius 2 is 1.50 bits per heavy atom. The molecule has 0 atom stereocenters. The first kappa shape index (κ1) is 16.0. The van der Waals surface area contributed by atoms with Gasteiger partial charge in [-0.15, -0.1) is 0 Å². The number of nitrogens with one attached hydrogen (secondary N) is 1. The number of amides is 1. The van der Waals surface area contributed by atoms with Crippen molar-refractivity contribution in [2.45, 2.75) is 6.54 Å². The molecule has 4 rings (SSSR count). The molecule has 0 aliphatic rings. The van der Waals surface area contributed by atoms with Gasteiger partial charge in [-0.3, -0.25) is 4.79 Å². The number of aromatic nitrogens is 1. The molecule has 0 aliphatic carbocycles. The van der Waals surface area contributed by atoms with Crippen LogP contribution in [0.1, 0.15) is 5.56 Å². The Balaban J connectivity index is 1.63. The molecule has 26 heavy (non-hydrogen) atoms. The maximum absolute atomic E-state index is 12.1. The van der Waals surface area contributed by atoms with E-state index in [1.807, 2.05) is 54.9 Å². The molecule has 4 heteroatoms. The fourth-order valence-corrected chi connectivity index (χ4v) is 3.10. The maximum atomic E-state index is 12.1. The molecular formula is C22H18N3O+. The smallest absolute Gasteiger partial charge is 0.266 e. The van der Waals surface area contributed by atoms with Crippen molar-refractivity contribution >= 4 is 33.7 Å². The number of hydrazone groups is 1. The molecule has 0 radical (unpaired) electrons. The number of carbonyl (C=O) groups excluding carboxylic acids is 1.